The van der Waals surface area contributed by atoms with E-state index in [9.17, 15) is 8.78 Å². The fourth-order valence-electron chi connectivity index (χ4n) is 1.52. The molecule has 0 saturated heterocycles. The summed E-state index contributed by atoms with van der Waals surface area (Å²) in [5.74, 6) is -0.380. The number of nitrogens with one attached hydrogen (secondary N) is 1. The van der Waals surface area contributed by atoms with E-state index in [1.807, 2.05) is 7.05 Å². The summed E-state index contributed by atoms with van der Waals surface area (Å²) in [4.78, 5) is 0. The molecule has 0 fully saturated rings. The van der Waals surface area contributed by atoms with Crippen LogP contribution < -0.4 is 5.32 Å². The molecule has 2 rings (SSSR count). The third-order valence-corrected chi connectivity index (χ3v) is 2.45. The zero-order valence-corrected chi connectivity index (χ0v) is 9.91. The smallest absolute Gasteiger partial charge is 0.221 e. The molecule has 0 atom stereocenters. The predicted molar refractivity (Wildman–Crippen MR) is 61.1 cm³/mol. The first-order valence-electron chi connectivity index (χ1n) is 5.59. The number of halogens is 2. The van der Waals surface area contributed by atoms with Crippen LogP contribution in [-0.4, -0.2) is 23.8 Å². The van der Waals surface area contributed by atoms with E-state index < -0.39 is 11.6 Å². The average molecular weight is 253 g/mol. The van der Waals surface area contributed by atoms with Crippen molar-refractivity contribution in [3.63, 3.8) is 0 Å². The van der Waals surface area contributed by atoms with E-state index in [0.717, 1.165) is 12.6 Å². The van der Waals surface area contributed by atoms with Gasteiger partial charge in [-0.25, -0.2) is 8.78 Å². The second kappa shape index (κ2) is 5.68. The first kappa shape index (κ1) is 12.6. The second-order valence-corrected chi connectivity index (χ2v) is 3.86. The number of hydrogen-bond acceptors (Lipinski definition) is 4. The number of nitrogens with zero attached hydrogens (tertiary/aromatic N) is 2. The molecule has 96 valence electrons. The fraction of sp³-hybridized carbons (Fsp3) is 0.333. The highest BCUT2D eigenvalue weighted by molar-refractivity contribution is 5.21. The molecule has 18 heavy (non-hydrogen) atoms. The molecule has 1 N–H and O–H groups in total. The third-order valence-electron chi connectivity index (χ3n) is 2.45. The van der Waals surface area contributed by atoms with Crippen molar-refractivity contribution in [2.24, 2.45) is 0 Å². The number of likely N-dealkylation sites (N-methyl/N-ethyl adjacent to an activating group) is 1. The molecule has 1 aromatic carbocycles. The Morgan fingerprint density at radius 3 is 2.72 bits per heavy atom. The van der Waals surface area contributed by atoms with E-state index in [2.05, 4.69) is 15.5 Å². The zero-order chi connectivity index (χ0) is 13.0. The Morgan fingerprint density at radius 1 is 1.22 bits per heavy atom. The monoisotopic (exact) mass is 253 g/mol. The van der Waals surface area contributed by atoms with Gasteiger partial charge in [-0.05, 0) is 18.7 Å². The first-order chi connectivity index (χ1) is 8.69. The summed E-state index contributed by atoms with van der Waals surface area (Å²) in [6.07, 6.45) is 0.786. The molecule has 0 spiro atoms. The summed E-state index contributed by atoms with van der Waals surface area (Å²) >= 11 is 0. The lowest BCUT2D eigenvalue weighted by atomic mass is 10.1. The maximum atomic E-state index is 13.4. The Kier molecular flexibility index (Phi) is 3.99. The van der Waals surface area contributed by atoms with Gasteiger partial charge in [0.1, 0.15) is 11.6 Å². The highest BCUT2D eigenvalue weighted by Gasteiger charge is 2.10. The topological polar surface area (TPSA) is 51.0 Å². The molecule has 2 aromatic rings. The van der Waals surface area contributed by atoms with Crippen molar-refractivity contribution in [3.05, 3.63) is 47.2 Å². The van der Waals surface area contributed by atoms with Crippen LogP contribution in [-0.2, 0) is 12.8 Å². The maximum Gasteiger partial charge on any atom is 0.221 e. The van der Waals surface area contributed by atoms with Crippen molar-refractivity contribution in [1.29, 1.82) is 0 Å². The van der Waals surface area contributed by atoms with Crippen molar-refractivity contribution < 1.29 is 13.2 Å². The summed E-state index contributed by atoms with van der Waals surface area (Å²) in [7, 11) is 1.82. The van der Waals surface area contributed by atoms with Crippen LogP contribution in [0.3, 0.4) is 0 Å². The first-order valence-corrected chi connectivity index (χ1v) is 5.59. The quantitative estimate of drug-likeness (QED) is 0.881. The Labute approximate surface area is 103 Å². The summed E-state index contributed by atoms with van der Waals surface area (Å²) in [5, 5.41) is 10.6. The fourth-order valence-corrected chi connectivity index (χ4v) is 1.52. The number of hydrogen-bond donors (Lipinski definition) is 1. The maximum absolute atomic E-state index is 13.4. The molecule has 0 bridgehead atoms. The molecule has 0 amide bonds. The van der Waals surface area contributed by atoms with Crippen molar-refractivity contribution >= 4 is 0 Å². The minimum atomic E-state index is -0.607. The minimum absolute atomic E-state index is 0.165. The second-order valence-electron chi connectivity index (χ2n) is 3.86. The number of aromatic nitrogens is 2. The SMILES string of the molecule is CNCCc1nnc(Cc2ccc(F)cc2F)o1. The summed E-state index contributed by atoms with van der Waals surface area (Å²) in [6.45, 7) is 0.729. The Hall–Kier alpha value is -1.82. The van der Waals surface area contributed by atoms with Gasteiger partial charge < -0.3 is 9.73 Å². The highest BCUT2D eigenvalue weighted by Crippen LogP contribution is 2.14. The van der Waals surface area contributed by atoms with Crippen LogP contribution in [0, 0.1) is 11.6 Å². The lowest BCUT2D eigenvalue weighted by Gasteiger charge is -1.99. The van der Waals surface area contributed by atoms with Gasteiger partial charge >= 0.3 is 0 Å². The lowest BCUT2D eigenvalue weighted by molar-refractivity contribution is 0.451. The van der Waals surface area contributed by atoms with Gasteiger partial charge in [-0.3, -0.25) is 0 Å². The van der Waals surface area contributed by atoms with E-state index in [4.69, 9.17) is 4.42 Å². The van der Waals surface area contributed by atoms with Crippen molar-refractivity contribution in [1.82, 2.24) is 15.5 Å². The van der Waals surface area contributed by atoms with Crippen molar-refractivity contribution in [3.8, 4) is 0 Å². The molecule has 0 aliphatic heterocycles. The summed E-state index contributed by atoms with van der Waals surface area (Å²) in [5.41, 5.74) is 0.334. The van der Waals surface area contributed by atoms with Crippen LogP contribution in [0.2, 0.25) is 0 Å². The van der Waals surface area contributed by atoms with Crippen LogP contribution >= 0.6 is 0 Å². The van der Waals surface area contributed by atoms with E-state index >= 15 is 0 Å². The minimum Gasteiger partial charge on any atom is -0.425 e. The van der Waals surface area contributed by atoms with Gasteiger partial charge in [0.2, 0.25) is 11.8 Å². The van der Waals surface area contributed by atoms with Crippen LogP contribution in [0.5, 0.6) is 0 Å². The molecule has 0 aliphatic rings. The van der Waals surface area contributed by atoms with Crippen LogP contribution in [0.15, 0.2) is 22.6 Å². The van der Waals surface area contributed by atoms with Crippen LogP contribution in [0.4, 0.5) is 8.78 Å². The van der Waals surface area contributed by atoms with Crippen LogP contribution in [0.25, 0.3) is 0 Å². The third kappa shape index (κ3) is 3.10. The van der Waals surface area contributed by atoms with Crippen molar-refractivity contribution in [2.45, 2.75) is 12.8 Å². The van der Waals surface area contributed by atoms with Gasteiger partial charge in [0.15, 0.2) is 0 Å². The molecule has 0 unspecified atom stereocenters. The van der Waals surface area contributed by atoms with Gasteiger partial charge in [-0.15, -0.1) is 10.2 Å². The zero-order valence-electron chi connectivity index (χ0n) is 9.91. The van der Waals surface area contributed by atoms with E-state index in [-0.39, 0.29) is 6.42 Å². The van der Waals surface area contributed by atoms with Gasteiger partial charge in [-0.1, -0.05) is 6.07 Å². The number of benzene rings is 1. The normalized spacial score (nSPS) is 10.8. The van der Waals surface area contributed by atoms with Gasteiger partial charge in [-0.2, -0.15) is 0 Å². The molecule has 0 aliphatic carbocycles. The Bertz CT molecular complexity index is 528. The molecule has 0 saturated carbocycles. The Balaban J connectivity index is 2.06. The lowest BCUT2D eigenvalue weighted by Crippen LogP contribution is -2.10. The summed E-state index contributed by atoms with van der Waals surface area (Å²) < 4.78 is 31.5. The standard InChI is InChI=1S/C12H13F2N3O/c1-15-5-4-11-16-17-12(18-11)6-8-2-3-9(13)7-10(8)14/h2-3,7,15H,4-6H2,1H3. The molecule has 1 aromatic heterocycles. The molecule has 6 heteroatoms. The predicted octanol–water partition coefficient (Wildman–Crippen LogP) is 1.70. The van der Waals surface area contributed by atoms with Crippen LogP contribution in [0.1, 0.15) is 17.3 Å². The molecular weight excluding hydrogens is 240 g/mol. The van der Waals surface area contributed by atoms with Gasteiger partial charge in [0.25, 0.3) is 0 Å². The van der Waals surface area contributed by atoms with E-state index in [0.29, 0.717) is 23.8 Å². The molecule has 4 nitrogen and oxygen atoms in total. The largest absolute Gasteiger partial charge is 0.425 e. The van der Waals surface area contributed by atoms with E-state index in [1.54, 1.807) is 0 Å². The number of rotatable bonds is 5. The van der Waals surface area contributed by atoms with Gasteiger partial charge in [0.05, 0.1) is 6.42 Å². The molecule has 0 radical (unpaired) electrons. The highest BCUT2D eigenvalue weighted by atomic mass is 19.1. The Morgan fingerprint density at radius 2 is 2.00 bits per heavy atom. The van der Waals surface area contributed by atoms with E-state index in [1.165, 1.54) is 12.1 Å². The van der Waals surface area contributed by atoms with Crippen molar-refractivity contribution in [2.75, 3.05) is 13.6 Å². The molecular formula is C12H13F2N3O. The molecule has 1 heterocycles. The van der Waals surface area contributed by atoms with Gasteiger partial charge in [0, 0.05) is 19.0 Å². The summed E-state index contributed by atoms with van der Waals surface area (Å²) in [6, 6.07) is 3.42. The average Bonchev–Trinajstić information content (AvgIpc) is 2.78.